The summed E-state index contributed by atoms with van der Waals surface area (Å²) in [7, 11) is 4.43. The van der Waals surface area contributed by atoms with Crippen LogP contribution in [0.5, 0.6) is 17.2 Å². The smallest absolute Gasteiger partial charge is 0.321 e. The fourth-order valence-electron chi connectivity index (χ4n) is 1.68. The molecular weight excluding hydrogens is 266 g/mol. The van der Waals surface area contributed by atoms with Gasteiger partial charge in [-0.25, -0.2) is 0 Å². The predicted octanol–water partition coefficient (Wildman–Crippen LogP) is 0.655. The van der Waals surface area contributed by atoms with Crippen molar-refractivity contribution in [1.29, 1.82) is 5.26 Å². The van der Waals surface area contributed by atoms with E-state index < -0.39 is 11.9 Å². The molecule has 0 heterocycles. The molecule has 0 aromatic heterocycles. The molecule has 3 N–H and O–H groups in total. The summed E-state index contributed by atoms with van der Waals surface area (Å²) in [6.07, 6.45) is 0.0720. The summed E-state index contributed by atoms with van der Waals surface area (Å²) in [5, 5.41) is 17.7. The Morgan fingerprint density at radius 3 is 2.05 bits per heavy atom. The number of methoxy groups -OCH3 is 3. The highest BCUT2D eigenvalue weighted by Crippen LogP contribution is 2.38. The van der Waals surface area contributed by atoms with Gasteiger partial charge in [-0.1, -0.05) is 0 Å². The quantitative estimate of drug-likeness (QED) is 0.818. The predicted molar refractivity (Wildman–Crippen MR) is 70.2 cm³/mol. The van der Waals surface area contributed by atoms with Gasteiger partial charge in [0.2, 0.25) is 5.75 Å². The Morgan fingerprint density at radius 1 is 1.25 bits per heavy atom. The molecule has 0 amide bonds. The first kappa shape index (κ1) is 17.5. The van der Waals surface area contributed by atoms with E-state index in [-0.39, 0.29) is 11.9 Å². The third-order valence-electron chi connectivity index (χ3n) is 2.62. The number of hydrogen-bond acceptors (Lipinski definition) is 5. The molecule has 1 aromatic carbocycles. The number of nitriles is 1. The minimum Gasteiger partial charge on any atom is -0.493 e. The summed E-state index contributed by atoms with van der Waals surface area (Å²) >= 11 is 0. The molecule has 7 nitrogen and oxygen atoms in total. The van der Waals surface area contributed by atoms with E-state index in [0.29, 0.717) is 22.8 Å². The lowest BCUT2D eigenvalue weighted by Crippen LogP contribution is -2.14. The Labute approximate surface area is 116 Å². The molecular formula is C13H17NO6. The molecule has 1 aromatic rings. The van der Waals surface area contributed by atoms with Crippen LogP contribution in [-0.4, -0.2) is 37.9 Å². The number of aliphatic carboxylic acids is 1. The number of carboxylic acids is 1. The van der Waals surface area contributed by atoms with Gasteiger partial charge < -0.3 is 24.8 Å². The van der Waals surface area contributed by atoms with Crippen molar-refractivity contribution in [2.75, 3.05) is 21.3 Å². The minimum atomic E-state index is -1.16. The first-order valence-electron chi connectivity index (χ1n) is 5.48. The van der Waals surface area contributed by atoms with Crippen molar-refractivity contribution in [3.63, 3.8) is 0 Å². The van der Waals surface area contributed by atoms with E-state index in [0.717, 1.165) is 0 Å². The summed E-state index contributed by atoms with van der Waals surface area (Å²) in [5.74, 6) is -0.977. The SMILES string of the molecule is COc1cc(CC(C#N)C(=O)O)cc(OC)c1OC.O. The second-order valence-electron chi connectivity index (χ2n) is 3.76. The standard InChI is InChI=1S/C13H15NO5.H2O/c1-17-10-5-8(4-9(7-14)13(15)16)6-11(18-2)12(10)19-3;/h5-6,9H,4H2,1-3H3,(H,15,16);1H2. The summed E-state index contributed by atoms with van der Waals surface area (Å²) < 4.78 is 15.5. The van der Waals surface area contributed by atoms with Crippen LogP contribution in [0.4, 0.5) is 0 Å². The van der Waals surface area contributed by atoms with Gasteiger partial charge in [0.15, 0.2) is 11.5 Å². The van der Waals surface area contributed by atoms with Gasteiger partial charge in [0, 0.05) is 0 Å². The van der Waals surface area contributed by atoms with Crippen molar-refractivity contribution < 1.29 is 29.6 Å². The van der Waals surface area contributed by atoms with E-state index in [1.165, 1.54) is 21.3 Å². The molecule has 7 heteroatoms. The fraction of sp³-hybridized carbons (Fsp3) is 0.385. The van der Waals surface area contributed by atoms with Crippen molar-refractivity contribution in [1.82, 2.24) is 0 Å². The number of benzene rings is 1. The zero-order chi connectivity index (χ0) is 14.4. The Hall–Kier alpha value is -2.46. The van der Waals surface area contributed by atoms with Crippen LogP contribution in [0.15, 0.2) is 12.1 Å². The molecule has 1 atom stereocenters. The lowest BCUT2D eigenvalue weighted by atomic mass is 10.00. The number of carbonyl (C=O) groups is 1. The van der Waals surface area contributed by atoms with E-state index in [9.17, 15) is 4.79 Å². The van der Waals surface area contributed by atoms with Crippen molar-refractivity contribution in [2.24, 2.45) is 5.92 Å². The summed E-state index contributed by atoms with van der Waals surface area (Å²) in [6, 6.07) is 5.01. The Morgan fingerprint density at radius 2 is 1.75 bits per heavy atom. The number of ether oxygens (including phenoxy) is 3. The number of carboxylic acid groups (broad SMARTS) is 1. The van der Waals surface area contributed by atoms with Gasteiger partial charge >= 0.3 is 5.97 Å². The van der Waals surface area contributed by atoms with Crippen molar-refractivity contribution in [3.8, 4) is 23.3 Å². The van der Waals surface area contributed by atoms with Crippen LogP contribution in [0.1, 0.15) is 5.56 Å². The zero-order valence-electron chi connectivity index (χ0n) is 11.5. The molecule has 1 unspecified atom stereocenters. The molecule has 20 heavy (non-hydrogen) atoms. The first-order valence-corrected chi connectivity index (χ1v) is 5.48. The zero-order valence-corrected chi connectivity index (χ0v) is 11.5. The normalized spacial score (nSPS) is 10.7. The molecule has 0 saturated carbocycles. The van der Waals surface area contributed by atoms with Crippen LogP contribution in [0, 0.1) is 17.2 Å². The van der Waals surface area contributed by atoms with E-state index in [1.807, 2.05) is 0 Å². The largest absolute Gasteiger partial charge is 0.493 e. The van der Waals surface area contributed by atoms with E-state index in [1.54, 1.807) is 18.2 Å². The molecule has 0 aliphatic rings. The number of nitrogens with zero attached hydrogens (tertiary/aromatic N) is 1. The van der Waals surface area contributed by atoms with Crippen LogP contribution in [-0.2, 0) is 11.2 Å². The third-order valence-corrected chi connectivity index (χ3v) is 2.62. The lowest BCUT2D eigenvalue weighted by molar-refractivity contribution is -0.139. The van der Waals surface area contributed by atoms with Crippen LogP contribution in [0.3, 0.4) is 0 Å². The first-order chi connectivity index (χ1) is 9.07. The summed E-state index contributed by atoms with van der Waals surface area (Å²) in [6.45, 7) is 0. The molecule has 0 radical (unpaired) electrons. The van der Waals surface area contributed by atoms with Gasteiger partial charge in [-0.05, 0) is 24.1 Å². The molecule has 0 aliphatic heterocycles. The molecule has 0 fully saturated rings. The van der Waals surface area contributed by atoms with Gasteiger partial charge in [-0.2, -0.15) is 5.26 Å². The van der Waals surface area contributed by atoms with E-state index in [2.05, 4.69) is 0 Å². The number of hydrogen-bond donors (Lipinski definition) is 1. The molecule has 0 aliphatic carbocycles. The average Bonchev–Trinajstić information content (AvgIpc) is 2.42. The molecule has 110 valence electrons. The average molecular weight is 283 g/mol. The maximum Gasteiger partial charge on any atom is 0.321 e. The monoisotopic (exact) mass is 283 g/mol. The van der Waals surface area contributed by atoms with Gasteiger partial charge in [-0.3, -0.25) is 4.79 Å². The van der Waals surface area contributed by atoms with Gasteiger partial charge in [-0.15, -0.1) is 0 Å². The molecule has 0 spiro atoms. The Balaban J connectivity index is 0.00000361. The molecule has 1 rings (SSSR count). The minimum absolute atomic E-state index is 0. The van der Waals surface area contributed by atoms with Gasteiger partial charge in [0.05, 0.1) is 27.4 Å². The molecule has 0 bridgehead atoms. The Kier molecular flexibility index (Phi) is 6.89. The van der Waals surface area contributed by atoms with Crippen LogP contribution in [0.25, 0.3) is 0 Å². The summed E-state index contributed by atoms with van der Waals surface area (Å²) in [4.78, 5) is 10.9. The topological polar surface area (TPSA) is 120 Å². The summed E-state index contributed by atoms with van der Waals surface area (Å²) in [5.41, 5.74) is 0.628. The van der Waals surface area contributed by atoms with Crippen molar-refractivity contribution in [3.05, 3.63) is 17.7 Å². The van der Waals surface area contributed by atoms with Gasteiger partial charge in [0.1, 0.15) is 5.92 Å². The maximum atomic E-state index is 10.9. The second-order valence-corrected chi connectivity index (χ2v) is 3.76. The highest BCUT2D eigenvalue weighted by atomic mass is 16.5. The molecule has 0 saturated heterocycles. The highest BCUT2D eigenvalue weighted by molar-refractivity contribution is 5.73. The van der Waals surface area contributed by atoms with Crippen molar-refractivity contribution in [2.45, 2.75) is 6.42 Å². The van der Waals surface area contributed by atoms with E-state index >= 15 is 0 Å². The van der Waals surface area contributed by atoms with Gasteiger partial charge in [0.25, 0.3) is 0 Å². The van der Waals surface area contributed by atoms with Crippen LogP contribution < -0.4 is 14.2 Å². The third kappa shape index (κ3) is 3.76. The lowest BCUT2D eigenvalue weighted by Gasteiger charge is -2.14. The Bertz CT molecular complexity index is 483. The van der Waals surface area contributed by atoms with Crippen molar-refractivity contribution >= 4 is 5.97 Å². The van der Waals surface area contributed by atoms with Crippen LogP contribution in [0.2, 0.25) is 0 Å². The second kappa shape index (κ2) is 7.86. The highest BCUT2D eigenvalue weighted by Gasteiger charge is 2.20. The van der Waals surface area contributed by atoms with E-state index in [4.69, 9.17) is 24.6 Å². The number of rotatable bonds is 6. The van der Waals surface area contributed by atoms with Crippen LogP contribution >= 0.6 is 0 Å². The maximum absolute atomic E-state index is 10.9. The fourth-order valence-corrected chi connectivity index (χ4v) is 1.68.